The van der Waals surface area contributed by atoms with Gasteiger partial charge in [0.15, 0.2) is 0 Å². The molecule has 1 aromatic heterocycles. The monoisotopic (exact) mass is 263 g/mol. The second-order valence-corrected chi connectivity index (χ2v) is 4.00. The molecule has 2 rings (SSSR count). The molecule has 0 spiro atoms. The summed E-state index contributed by atoms with van der Waals surface area (Å²) in [7, 11) is 0. The fraction of sp³-hybridized carbons (Fsp3) is 0.0769. The number of carbonyl (C=O) groups excluding carboxylic acids is 1. The Morgan fingerprint density at radius 1 is 1.32 bits per heavy atom. The average Bonchev–Trinajstić information content (AvgIpc) is 2.36. The van der Waals surface area contributed by atoms with Gasteiger partial charge in [-0.2, -0.15) is 0 Å². The minimum absolute atomic E-state index is 0.0676. The maximum atomic E-state index is 13.1. The van der Waals surface area contributed by atoms with E-state index < -0.39 is 11.7 Å². The minimum atomic E-state index is -0.658. The van der Waals surface area contributed by atoms with E-state index in [-0.39, 0.29) is 17.2 Å². The molecule has 6 heteroatoms. The zero-order valence-corrected chi connectivity index (χ0v) is 10.1. The van der Waals surface area contributed by atoms with Gasteiger partial charge in [-0.25, -0.2) is 13.8 Å². The second-order valence-electron chi connectivity index (χ2n) is 4.00. The number of hydrogen-bond acceptors (Lipinski definition) is 3. The number of amides is 1. The van der Waals surface area contributed by atoms with E-state index in [2.05, 4.69) is 10.3 Å². The van der Waals surface area contributed by atoms with E-state index >= 15 is 0 Å². The summed E-state index contributed by atoms with van der Waals surface area (Å²) in [5, 5.41) is 2.50. The Hall–Kier alpha value is -2.50. The number of nitrogens with one attached hydrogen (secondary N) is 1. The van der Waals surface area contributed by atoms with Crippen LogP contribution in [0, 0.1) is 18.6 Å². The zero-order valence-electron chi connectivity index (χ0n) is 10.1. The van der Waals surface area contributed by atoms with E-state index in [1.165, 1.54) is 18.2 Å². The first-order valence-corrected chi connectivity index (χ1v) is 5.46. The van der Waals surface area contributed by atoms with Gasteiger partial charge < -0.3 is 11.1 Å². The zero-order chi connectivity index (χ0) is 14.0. The molecule has 0 aliphatic carbocycles. The Labute approximate surface area is 108 Å². The highest BCUT2D eigenvalue weighted by Gasteiger charge is 2.12. The van der Waals surface area contributed by atoms with Crippen LogP contribution in [-0.2, 0) is 0 Å². The number of carbonyl (C=O) groups is 1. The lowest BCUT2D eigenvalue weighted by atomic mass is 10.2. The lowest BCUT2D eigenvalue weighted by molar-refractivity contribution is 0.102. The Bertz CT molecular complexity index is 644. The molecule has 3 N–H and O–H groups in total. The third-order valence-electron chi connectivity index (χ3n) is 2.55. The standard InChI is InChI=1S/C13H11F2N3O/c1-7-4-9(2-3-11(7)15)18-13(19)10-5-8(14)6-17-12(10)16/h2-6H,1H3,(H2,16,17)(H,18,19). The fourth-order valence-electron chi connectivity index (χ4n) is 1.55. The molecule has 1 amide bonds. The van der Waals surface area contributed by atoms with Crippen molar-refractivity contribution in [3.05, 3.63) is 53.2 Å². The van der Waals surface area contributed by atoms with Crippen molar-refractivity contribution in [2.45, 2.75) is 6.92 Å². The maximum absolute atomic E-state index is 13.1. The van der Waals surface area contributed by atoms with Crippen LogP contribution in [0.1, 0.15) is 15.9 Å². The molecule has 0 fully saturated rings. The molecule has 0 saturated heterocycles. The number of nitrogens with two attached hydrogens (primary N) is 1. The van der Waals surface area contributed by atoms with E-state index in [9.17, 15) is 13.6 Å². The Morgan fingerprint density at radius 3 is 2.74 bits per heavy atom. The molecule has 98 valence electrons. The van der Waals surface area contributed by atoms with Gasteiger partial charge in [-0.3, -0.25) is 4.79 Å². The molecule has 0 bridgehead atoms. The van der Waals surface area contributed by atoms with Crippen LogP contribution in [0.2, 0.25) is 0 Å². The number of anilines is 2. The van der Waals surface area contributed by atoms with Gasteiger partial charge >= 0.3 is 0 Å². The summed E-state index contributed by atoms with van der Waals surface area (Å²) < 4.78 is 26.1. The molecule has 0 saturated carbocycles. The lowest BCUT2D eigenvalue weighted by Crippen LogP contribution is -2.15. The van der Waals surface area contributed by atoms with E-state index in [1.807, 2.05) is 0 Å². The molecule has 2 aromatic rings. The molecule has 4 nitrogen and oxygen atoms in total. The first-order chi connectivity index (χ1) is 8.97. The number of aromatic nitrogens is 1. The number of nitrogens with zero attached hydrogens (tertiary/aromatic N) is 1. The van der Waals surface area contributed by atoms with Gasteiger partial charge in [0.2, 0.25) is 0 Å². The summed E-state index contributed by atoms with van der Waals surface area (Å²) in [4.78, 5) is 15.4. The number of aryl methyl sites for hydroxylation is 1. The van der Waals surface area contributed by atoms with Gasteiger partial charge in [0, 0.05) is 5.69 Å². The van der Waals surface area contributed by atoms with Gasteiger partial charge in [-0.15, -0.1) is 0 Å². The fourth-order valence-corrected chi connectivity index (χ4v) is 1.55. The SMILES string of the molecule is Cc1cc(NC(=O)c2cc(F)cnc2N)ccc1F. The highest BCUT2D eigenvalue weighted by atomic mass is 19.1. The van der Waals surface area contributed by atoms with Crippen LogP contribution in [0.25, 0.3) is 0 Å². The molecule has 1 aromatic carbocycles. The number of hydrogen-bond donors (Lipinski definition) is 2. The van der Waals surface area contributed by atoms with Crippen LogP contribution in [0.3, 0.4) is 0 Å². The molecule has 0 atom stereocenters. The Balaban J connectivity index is 2.25. The lowest BCUT2D eigenvalue weighted by Gasteiger charge is -2.08. The summed E-state index contributed by atoms with van der Waals surface area (Å²) >= 11 is 0. The van der Waals surface area contributed by atoms with E-state index in [0.717, 1.165) is 12.3 Å². The van der Waals surface area contributed by atoms with Crippen molar-refractivity contribution in [2.24, 2.45) is 0 Å². The maximum Gasteiger partial charge on any atom is 0.259 e. The third kappa shape index (κ3) is 2.85. The minimum Gasteiger partial charge on any atom is -0.383 e. The Kier molecular flexibility index (Phi) is 3.41. The van der Waals surface area contributed by atoms with Crippen LogP contribution in [0.4, 0.5) is 20.3 Å². The van der Waals surface area contributed by atoms with Crippen molar-refractivity contribution in [1.29, 1.82) is 0 Å². The first-order valence-electron chi connectivity index (χ1n) is 5.46. The molecule has 1 heterocycles. The quantitative estimate of drug-likeness (QED) is 0.874. The molecule has 0 radical (unpaired) electrons. The predicted molar refractivity (Wildman–Crippen MR) is 67.7 cm³/mol. The van der Waals surface area contributed by atoms with Crippen molar-refractivity contribution in [3.63, 3.8) is 0 Å². The van der Waals surface area contributed by atoms with E-state index in [1.54, 1.807) is 6.92 Å². The second kappa shape index (κ2) is 5.01. The van der Waals surface area contributed by atoms with Crippen LogP contribution in [0.15, 0.2) is 30.5 Å². The summed E-state index contributed by atoms with van der Waals surface area (Å²) in [6.45, 7) is 1.57. The highest BCUT2D eigenvalue weighted by molar-refractivity contribution is 6.07. The number of rotatable bonds is 2. The number of nitrogen functional groups attached to an aromatic ring is 1. The normalized spacial score (nSPS) is 10.3. The van der Waals surface area contributed by atoms with Crippen molar-refractivity contribution >= 4 is 17.4 Å². The summed E-state index contributed by atoms with van der Waals surface area (Å²) in [6.07, 6.45) is 0.925. The van der Waals surface area contributed by atoms with Crippen molar-refractivity contribution in [2.75, 3.05) is 11.1 Å². The molecule has 0 unspecified atom stereocenters. The molecule has 19 heavy (non-hydrogen) atoms. The third-order valence-corrected chi connectivity index (χ3v) is 2.55. The van der Waals surface area contributed by atoms with Gasteiger partial charge in [-0.05, 0) is 36.8 Å². The van der Waals surface area contributed by atoms with E-state index in [0.29, 0.717) is 11.3 Å². The molecule has 0 aliphatic heterocycles. The molecule has 0 aliphatic rings. The Morgan fingerprint density at radius 2 is 2.05 bits per heavy atom. The van der Waals surface area contributed by atoms with Gasteiger partial charge in [0.1, 0.15) is 17.5 Å². The van der Waals surface area contributed by atoms with Crippen LogP contribution < -0.4 is 11.1 Å². The van der Waals surface area contributed by atoms with Gasteiger partial charge in [0.25, 0.3) is 5.91 Å². The highest BCUT2D eigenvalue weighted by Crippen LogP contribution is 2.16. The van der Waals surface area contributed by atoms with Crippen LogP contribution in [-0.4, -0.2) is 10.9 Å². The average molecular weight is 263 g/mol. The number of halogens is 2. The van der Waals surface area contributed by atoms with E-state index in [4.69, 9.17) is 5.73 Å². The van der Waals surface area contributed by atoms with Crippen LogP contribution in [0.5, 0.6) is 0 Å². The predicted octanol–water partition coefficient (Wildman–Crippen LogP) is 2.50. The van der Waals surface area contributed by atoms with Crippen molar-refractivity contribution in [3.8, 4) is 0 Å². The summed E-state index contributed by atoms with van der Waals surface area (Å²) in [6, 6.07) is 5.10. The van der Waals surface area contributed by atoms with Crippen molar-refractivity contribution < 1.29 is 13.6 Å². The van der Waals surface area contributed by atoms with Gasteiger partial charge in [0.05, 0.1) is 11.8 Å². The number of pyridine rings is 1. The van der Waals surface area contributed by atoms with Gasteiger partial charge in [-0.1, -0.05) is 0 Å². The number of benzene rings is 1. The summed E-state index contributed by atoms with van der Waals surface area (Å²) in [5.74, 6) is -1.70. The largest absolute Gasteiger partial charge is 0.383 e. The first kappa shape index (κ1) is 12.9. The molecular formula is C13H11F2N3O. The smallest absolute Gasteiger partial charge is 0.259 e. The topological polar surface area (TPSA) is 68.0 Å². The van der Waals surface area contributed by atoms with Crippen molar-refractivity contribution in [1.82, 2.24) is 4.98 Å². The molecular weight excluding hydrogens is 252 g/mol. The summed E-state index contributed by atoms with van der Waals surface area (Å²) in [5.41, 5.74) is 6.22. The van der Waals surface area contributed by atoms with Crippen LogP contribution >= 0.6 is 0 Å².